The third-order valence-electron chi connectivity index (χ3n) is 8.11. The molecule has 220 valence electrons. The van der Waals surface area contributed by atoms with Gasteiger partial charge in [0.05, 0.1) is 4.90 Å². The van der Waals surface area contributed by atoms with Crippen LogP contribution in [-0.4, -0.2) is 68.5 Å². The highest BCUT2D eigenvalue weighted by Crippen LogP contribution is 2.22. The molecule has 1 aliphatic rings. The molecule has 2 heterocycles. The smallest absolute Gasteiger partial charge is 0.241 e. The summed E-state index contributed by atoms with van der Waals surface area (Å²) in [5.74, 6) is 0. The molecule has 0 amide bonds. The van der Waals surface area contributed by atoms with Crippen molar-refractivity contribution in [3.8, 4) is 0 Å². The largest absolute Gasteiger partial charge is 0.301 e. The summed E-state index contributed by atoms with van der Waals surface area (Å²) in [6.45, 7) is 10.3. The highest BCUT2D eigenvalue weighted by molar-refractivity contribution is 7.89. The fraction of sp³-hybridized carbons (Fsp3) is 0.719. The topological polar surface area (TPSA) is 65.5 Å². The number of hydrogen-bond acceptors (Lipinski definition) is 5. The molecule has 7 heteroatoms. The van der Waals surface area contributed by atoms with E-state index in [2.05, 4.69) is 26.4 Å². The lowest BCUT2D eigenvalue weighted by Crippen LogP contribution is -2.50. The SMILES string of the molecule is CCCCCCCCCCCCCCCCN1CCN(C[C@@H](C)NS(=O)(=O)c2cccc3cnccc23)CC1. The summed E-state index contributed by atoms with van der Waals surface area (Å²) in [7, 11) is -3.59. The highest BCUT2D eigenvalue weighted by Gasteiger charge is 2.23. The van der Waals surface area contributed by atoms with Gasteiger partial charge in [-0.3, -0.25) is 9.88 Å². The van der Waals surface area contributed by atoms with Gasteiger partial charge in [0.2, 0.25) is 10.0 Å². The predicted octanol–water partition coefficient (Wildman–Crippen LogP) is 7.00. The van der Waals surface area contributed by atoms with Crippen LogP contribution in [0.2, 0.25) is 0 Å². The van der Waals surface area contributed by atoms with Crippen LogP contribution >= 0.6 is 0 Å². The minimum absolute atomic E-state index is 0.149. The number of benzene rings is 1. The van der Waals surface area contributed by atoms with E-state index >= 15 is 0 Å². The molecule has 0 radical (unpaired) electrons. The zero-order valence-electron chi connectivity index (χ0n) is 24.7. The highest BCUT2D eigenvalue weighted by atomic mass is 32.2. The number of nitrogens with zero attached hydrogens (tertiary/aromatic N) is 3. The molecule has 1 saturated heterocycles. The molecule has 0 unspecified atom stereocenters. The lowest BCUT2D eigenvalue weighted by Gasteiger charge is -2.36. The number of nitrogens with one attached hydrogen (secondary N) is 1. The van der Waals surface area contributed by atoms with Crippen LogP contribution in [0.3, 0.4) is 0 Å². The second-order valence-corrected chi connectivity index (χ2v) is 13.3. The molecular formula is C32H54N4O2S. The van der Waals surface area contributed by atoms with Gasteiger partial charge in [-0.05, 0) is 32.0 Å². The summed E-state index contributed by atoms with van der Waals surface area (Å²) in [5, 5.41) is 1.55. The molecule has 1 aromatic heterocycles. The number of fused-ring (bicyclic) bond motifs is 1. The number of pyridine rings is 1. The maximum Gasteiger partial charge on any atom is 0.241 e. The van der Waals surface area contributed by atoms with Crippen molar-refractivity contribution < 1.29 is 8.42 Å². The molecule has 0 aliphatic carbocycles. The Morgan fingerprint density at radius 3 is 1.97 bits per heavy atom. The molecule has 1 aromatic carbocycles. The van der Waals surface area contributed by atoms with Crippen LogP contribution in [0, 0.1) is 0 Å². The van der Waals surface area contributed by atoms with E-state index in [9.17, 15) is 8.42 Å². The molecule has 3 rings (SSSR count). The van der Waals surface area contributed by atoms with Gasteiger partial charge >= 0.3 is 0 Å². The molecule has 6 nitrogen and oxygen atoms in total. The van der Waals surface area contributed by atoms with E-state index < -0.39 is 10.0 Å². The van der Waals surface area contributed by atoms with Gasteiger partial charge in [0.1, 0.15) is 0 Å². The van der Waals surface area contributed by atoms with Crippen LogP contribution in [0.25, 0.3) is 10.8 Å². The average Bonchev–Trinajstić information content (AvgIpc) is 2.93. The molecule has 1 N–H and O–H groups in total. The molecule has 1 fully saturated rings. The van der Waals surface area contributed by atoms with Gasteiger partial charge in [0.15, 0.2) is 0 Å². The first kappa shape index (κ1) is 32.0. The first-order chi connectivity index (χ1) is 19.0. The van der Waals surface area contributed by atoms with Crippen LogP contribution < -0.4 is 4.72 Å². The Balaban J connectivity index is 1.21. The van der Waals surface area contributed by atoms with Crippen molar-refractivity contribution >= 4 is 20.8 Å². The van der Waals surface area contributed by atoms with Gasteiger partial charge < -0.3 is 4.90 Å². The summed E-state index contributed by atoms with van der Waals surface area (Å²) in [6, 6.07) is 6.97. The van der Waals surface area contributed by atoms with E-state index in [1.807, 2.05) is 13.0 Å². The van der Waals surface area contributed by atoms with Crippen molar-refractivity contribution in [1.82, 2.24) is 19.5 Å². The maximum atomic E-state index is 13.1. The number of unbranched alkanes of at least 4 members (excludes halogenated alkanes) is 13. The molecule has 1 atom stereocenters. The van der Waals surface area contributed by atoms with Crippen molar-refractivity contribution in [3.05, 3.63) is 36.7 Å². The monoisotopic (exact) mass is 558 g/mol. The first-order valence-corrected chi connectivity index (χ1v) is 17.3. The summed E-state index contributed by atoms with van der Waals surface area (Å²) in [4.78, 5) is 9.41. The lowest BCUT2D eigenvalue weighted by molar-refractivity contribution is 0.125. The minimum atomic E-state index is -3.59. The van der Waals surface area contributed by atoms with Gasteiger partial charge in [-0.25, -0.2) is 13.1 Å². The normalized spacial score (nSPS) is 16.2. The first-order valence-electron chi connectivity index (χ1n) is 15.8. The second kappa shape index (κ2) is 18.0. The summed E-state index contributed by atoms with van der Waals surface area (Å²) in [6.07, 6.45) is 23.0. The summed E-state index contributed by atoms with van der Waals surface area (Å²) < 4.78 is 29.1. The van der Waals surface area contributed by atoms with Crippen LogP contribution in [0.4, 0.5) is 0 Å². The molecule has 0 spiro atoms. The van der Waals surface area contributed by atoms with Crippen molar-refractivity contribution in [2.45, 2.75) is 115 Å². The van der Waals surface area contributed by atoms with Crippen LogP contribution in [0.5, 0.6) is 0 Å². The van der Waals surface area contributed by atoms with Crippen molar-refractivity contribution in [2.75, 3.05) is 39.3 Å². The predicted molar refractivity (Wildman–Crippen MR) is 165 cm³/mol. The van der Waals surface area contributed by atoms with Crippen LogP contribution in [-0.2, 0) is 10.0 Å². The van der Waals surface area contributed by atoms with E-state index in [4.69, 9.17) is 0 Å². The Morgan fingerprint density at radius 2 is 1.36 bits per heavy atom. The third kappa shape index (κ3) is 11.8. The summed E-state index contributed by atoms with van der Waals surface area (Å²) in [5.41, 5.74) is 0. The number of hydrogen-bond donors (Lipinski definition) is 1. The molecule has 0 bridgehead atoms. The fourth-order valence-electron chi connectivity index (χ4n) is 5.81. The van der Waals surface area contributed by atoms with Gasteiger partial charge in [-0.2, -0.15) is 0 Å². The Morgan fingerprint density at radius 1 is 0.795 bits per heavy atom. The lowest BCUT2D eigenvalue weighted by atomic mass is 10.0. The Hall–Kier alpha value is -1.54. The number of rotatable bonds is 20. The number of piperazine rings is 1. The molecule has 2 aromatic rings. The quantitative estimate of drug-likeness (QED) is 0.177. The zero-order valence-corrected chi connectivity index (χ0v) is 25.6. The Bertz CT molecular complexity index is 1030. The standard InChI is InChI=1S/C32H54N4O2S/c1-3-4-5-6-7-8-9-10-11-12-13-14-15-16-22-35-23-25-36(26-24-35)28-29(2)34-39(37,38)32-19-17-18-30-27-33-21-20-31(30)32/h17-21,27,29,34H,3-16,22-26,28H2,1-2H3/t29-/m1/s1. The van der Waals surface area contributed by atoms with Gasteiger partial charge in [-0.15, -0.1) is 0 Å². The molecular weight excluding hydrogens is 504 g/mol. The third-order valence-corrected chi connectivity index (χ3v) is 9.76. The average molecular weight is 559 g/mol. The van der Waals surface area contributed by atoms with E-state index in [0.717, 1.165) is 38.1 Å². The van der Waals surface area contributed by atoms with E-state index in [1.54, 1.807) is 30.6 Å². The van der Waals surface area contributed by atoms with E-state index in [-0.39, 0.29) is 6.04 Å². The number of aromatic nitrogens is 1. The Labute approximate surface area is 239 Å². The van der Waals surface area contributed by atoms with Crippen molar-refractivity contribution in [1.29, 1.82) is 0 Å². The molecule has 39 heavy (non-hydrogen) atoms. The van der Waals surface area contributed by atoms with Crippen molar-refractivity contribution in [3.63, 3.8) is 0 Å². The van der Waals surface area contributed by atoms with Crippen LogP contribution in [0.1, 0.15) is 104 Å². The maximum absolute atomic E-state index is 13.1. The fourth-order valence-corrected chi connectivity index (χ4v) is 7.27. The Kier molecular flexibility index (Phi) is 14.8. The molecule has 0 saturated carbocycles. The second-order valence-electron chi connectivity index (χ2n) is 11.6. The van der Waals surface area contributed by atoms with E-state index in [1.165, 1.54) is 96.4 Å². The molecule has 1 aliphatic heterocycles. The van der Waals surface area contributed by atoms with Crippen molar-refractivity contribution in [2.24, 2.45) is 0 Å². The zero-order chi connectivity index (χ0) is 27.8. The summed E-state index contributed by atoms with van der Waals surface area (Å²) >= 11 is 0. The van der Waals surface area contributed by atoms with Crippen LogP contribution in [0.15, 0.2) is 41.6 Å². The minimum Gasteiger partial charge on any atom is -0.301 e. The van der Waals surface area contributed by atoms with Gasteiger partial charge in [0.25, 0.3) is 0 Å². The van der Waals surface area contributed by atoms with Gasteiger partial charge in [-0.1, -0.05) is 103 Å². The van der Waals surface area contributed by atoms with E-state index in [0.29, 0.717) is 10.3 Å². The van der Waals surface area contributed by atoms with Gasteiger partial charge in [0, 0.05) is 61.9 Å². The number of sulfonamides is 1.